The third-order valence-electron chi connectivity index (χ3n) is 2.46. The molecule has 0 saturated carbocycles. The quantitative estimate of drug-likeness (QED) is 0.761. The fraction of sp³-hybridized carbons (Fsp3) is 0.917. The Hall–Kier alpha value is -0.770. The number of nitrogens with one attached hydrogen (secondary N) is 2. The van der Waals surface area contributed by atoms with Crippen LogP contribution in [0.3, 0.4) is 0 Å². The average molecular weight is 230 g/mol. The van der Waals surface area contributed by atoms with Crippen molar-refractivity contribution in [2.75, 3.05) is 13.6 Å². The van der Waals surface area contributed by atoms with Gasteiger partial charge in [0, 0.05) is 12.6 Å². The zero-order valence-electron chi connectivity index (χ0n) is 11.4. The number of carbonyl (C=O) groups is 1. The minimum absolute atomic E-state index is 0.116. The average Bonchev–Trinajstić information content (AvgIpc) is 2.13. The summed E-state index contributed by atoms with van der Waals surface area (Å²) in [7, 11) is 1.88. The molecule has 16 heavy (non-hydrogen) atoms. The Bertz CT molecular complexity index is 212. The van der Waals surface area contributed by atoms with Crippen molar-refractivity contribution in [2.24, 2.45) is 5.92 Å². The summed E-state index contributed by atoms with van der Waals surface area (Å²) in [4.78, 5) is 11.6. The summed E-state index contributed by atoms with van der Waals surface area (Å²) in [6, 6.07) is 0.116. The molecule has 4 heteroatoms. The Morgan fingerprint density at radius 2 is 1.94 bits per heavy atom. The third kappa shape index (κ3) is 6.67. The molecule has 0 bridgehead atoms. The first-order chi connectivity index (χ1) is 7.30. The van der Waals surface area contributed by atoms with Crippen LogP contribution in [0.4, 0.5) is 4.79 Å². The van der Waals surface area contributed by atoms with Crippen LogP contribution in [-0.2, 0) is 4.74 Å². The molecular formula is C12H26N2O2. The van der Waals surface area contributed by atoms with Gasteiger partial charge in [0.05, 0.1) is 0 Å². The number of hydrogen-bond acceptors (Lipinski definition) is 3. The molecule has 0 aromatic heterocycles. The van der Waals surface area contributed by atoms with Crippen molar-refractivity contribution in [3.05, 3.63) is 0 Å². The molecule has 2 atom stereocenters. The van der Waals surface area contributed by atoms with E-state index in [0.717, 1.165) is 13.0 Å². The minimum atomic E-state index is -0.441. The second-order valence-electron chi connectivity index (χ2n) is 5.20. The van der Waals surface area contributed by atoms with E-state index in [1.807, 2.05) is 27.8 Å². The van der Waals surface area contributed by atoms with E-state index in [0.29, 0.717) is 5.92 Å². The van der Waals surface area contributed by atoms with Crippen molar-refractivity contribution in [3.63, 3.8) is 0 Å². The van der Waals surface area contributed by atoms with Crippen LogP contribution in [0.2, 0.25) is 0 Å². The molecule has 0 aromatic carbocycles. The van der Waals surface area contributed by atoms with E-state index in [2.05, 4.69) is 24.5 Å². The van der Waals surface area contributed by atoms with Crippen LogP contribution in [0.15, 0.2) is 0 Å². The SMILES string of the molecule is CCC(C)[C@@H](CNC)NC(=O)OC(C)(C)C. The Morgan fingerprint density at radius 1 is 1.38 bits per heavy atom. The van der Waals surface area contributed by atoms with Crippen LogP contribution in [0.25, 0.3) is 0 Å². The molecule has 1 unspecified atom stereocenters. The Labute approximate surface area is 99.1 Å². The van der Waals surface area contributed by atoms with Crippen LogP contribution in [-0.4, -0.2) is 31.3 Å². The third-order valence-corrected chi connectivity index (χ3v) is 2.46. The molecule has 1 amide bonds. The molecule has 0 spiro atoms. The van der Waals surface area contributed by atoms with Crippen molar-refractivity contribution in [1.29, 1.82) is 0 Å². The molecule has 0 rings (SSSR count). The predicted molar refractivity (Wildman–Crippen MR) is 66.5 cm³/mol. The summed E-state index contributed by atoms with van der Waals surface area (Å²) in [6.07, 6.45) is 0.690. The predicted octanol–water partition coefficient (Wildman–Crippen LogP) is 2.15. The summed E-state index contributed by atoms with van der Waals surface area (Å²) in [5, 5.41) is 5.98. The molecule has 2 N–H and O–H groups in total. The van der Waals surface area contributed by atoms with E-state index < -0.39 is 5.60 Å². The Kier molecular flexibility index (Phi) is 6.41. The van der Waals surface area contributed by atoms with Crippen molar-refractivity contribution in [3.8, 4) is 0 Å². The van der Waals surface area contributed by atoms with Crippen LogP contribution in [0.5, 0.6) is 0 Å². The summed E-state index contributed by atoms with van der Waals surface area (Å²) >= 11 is 0. The van der Waals surface area contributed by atoms with Crippen molar-refractivity contribution in [1.82, 2.24) is 10.6 Å². The number of likely N-dealkylation sites (N-methyl/N-ethyl adjacent to an activating group) is 1. The molecule has 0 fully saturated rings. The van der Waals surface area contributed by atoms with Gasteiger partial charge in [-0.25, -0.2) is 4.79 Å². The number of alkyl carbamates (subject to hydrolysis) is 1. The van der Waals surface area contributed by atoms with Crippen molar-refractivity contribution >= 4 is 6.09 Å². The molecule has 4 nitrogen and oxygen atoms in total. The molecule has 0 aliphatic rings. The highest BCUT2D eigenvalue weighted by atomic mass is 16.6. The van der Waals surface area contributed by atoms with Gasteiger partial charge in [0.1, 0.15) is 5.60 Å². The van der Waals surface area contributed by atoms with E-state index in [9.17, 15) is 4.79 Å². The standard InChI is InChI=1S/C12H26N2O2/c1-7-9(2)10(8-13-6)14-11(15)16-12(3,4)5/h9-10,13H,7-8H2,1-6H3,(H,14,15)/t9?,10-/m1/s1. The van der Waals surface area contributed by atoms with Gasteiger partial charge in [-0.1, -0.05) is 20.3 Å². The first kappa shape index (κ1) is 15.2. The molecule has 0 aromatic rings. The highest BCUT2D eigenvalue weighted by Crippen LogP contribution is 2.10. The Morgan fingerprint density at radius 3 is 2.31 bits per heavy atom. The van der Waals surface area contributed by atoms with Gasteiger partial charge in [0.2, 0.25) is 0 Å². The van der Waals surface area contributed by atoms with Crippen LogP contribution in [0, 0.1) is 5.92 Å². The van der Waals surface area contributed by atoms with Gasteiger partial charge in [-0.2, -0.15) is 0 Å². The van der Waals surface area contributed by atoms with Gasteiger partial charge in [0.25, 0.3) is 0 Å². The molecular weight excluding hydrogens is 204 g/mol. The van der Waals surface area contributed by atoms with Gasteiger partial charge < -0.3 is 15.4 Å². The second kappa shape index (κ2) is 6.74. The van der Waals surface area contributed by atoms with Gasteiger partial charge in [-0.3, -0.25) is 0 Å². The van der Waals surface area contributed by atoms with E-state index >= 15 is 0 Å². The van der Waals surface area contributed by atoms with Crippen molar-refractivity contribution < 1.29 is 9.53 Å². The van der Waals surface area contributed by atoms with Gasteiger partial charge in [0.15, 0.2) is 0 Å². The van der Waals surface area contributed by atoms with Gasteiger partial charge in [-0.05, 0) is 33.7 Å². The zero-order chi connectivity index (χ0) is 12.8. The van der Waals surface area contributed by atoms with Crippen LogP contribution in [0.1, 0.15) is 41.0 Å². The van der Waals surface area contributed by atoms with Crippen LogP contribution < -0.4 is 10.6 Å². The molecule has 0 heterocycles. The van der Waals surface area contributed by atoms with E-state index in [1.54, 1.807) is 0 Å². The lowest BCUT2D eigenvalue weighted by molar-refractivity contribution is 0.0487. The van der Waals surface area contributed by atoms with E-state index in [1.165, 1.54) is 0 Å². The molecule has 0 aliphatic heterocycles. The van der Waals surface area contributed by atoms with E-state index in [4.69, 9.17) is 4.74 Å². The lowest BCUT2D eigenvalue weighted by atomic mass is 9.99. The zero-order valence-corrected chi connectivity index (χ0v) is 11.4. The second-order valence-corrected chi connectivity index (χ2v) is 5.20. The maximum atomic E-state index is 11.6. The highest BCUT2D eigenvalue weighted by molar-refractivity contribution is 5.68. The summed E-state index contributed by atoms with van der Waals surface area (Å²) in [6.45, 7) is 10.6. The minimum Gasteiger partial charge on any atom is -0.444 e. The van der Waals surface area contributed by atoms with Crippen LogP contribution >= 0.6 is 0 Å². The first-order valence-electron chi connectivity index (χ1n) is 5.94. The summed E-state index contributed by atoms with van der Waals surface area (Å²) in [5.41, 5.74) is -0.441. The summed E-state index contributed by atoms with van der Waals surface area (Å²) < 4.78 is 5.23. The monoisotopic (exact) mass is 230 g/mol. The molecule has 96 valence electrons. The highest BCUT2D eigenvalue weighted by Gasteiger charge is 2.21. The largest absolute Gasteiger partial charge is 0.444 e. The molecule has 0 radical (unpaired) electrons. The van der Waals surface area contributed by atoms with Crippen molar-refractivity contribution in [2.45, 2.75) is 52.7 Å². The Balaban J connectivity index is 4.23. The first-order valence-corrected chi connectivity index (χ1v) is 5.94. The number of ether oxygens (including phenoxy) is 1. The normalized spacial score (nSPS) is 15.4. The smallest absolute Gasteiger partial charge is 0.407 e. The maximum absolute atomic E-state index is 11.6. The lowest BCUT2D eigenvalue weighted by Gasteiger charge is -2.26. The number of amides is 1. The van der Waals surface area contributed by atoms with Gasteiger partial charge in [-0.15, -0.1) is 0 Å². The summed E-state index contributed by atoms with van der Waals surface area (Å²) in [5.74, 6) is 0.431. The topological polar surface area (TPSA) is 50.4 Å². The fourth-order valence-electron chi connectivity index (χ4n) is 1.36. The number of hydrogen-bond donors (Lipinski definition) is 2. The number of carbonyl (C=O) groups excluding carboxylic acids is 1. The van der Waals surface area contributed by atoms with E-state index in [-0.39, 0.29) is 12.1 Å². The molecule has 0 aliphatic carbocycles. The maximum Gasteiger partial charge on any atom is 0.407 e. The fourth-order valence-corrected chi connectivity index (χ4v) is 1.36. The molecule has 0 saturated heterocycles. The lowest BCUT2D eigenvalue weighted by Crippen LogP contribution is -2.47. The van der Waals surface area contributed by atoms with Gasteiger partial charge >= 0.3 is 6.09 Å². The number of rotatable bonds is 5.